The lowest BCUT2D eigenvalue weighted by Crippen LogP contribution is -2.25. The summed E-state index contributed by atoms with van der Waals surface area (Å²) in [6.45, 7) is 0. The highest BCUT2D eigenvalue weighted by atomic mass is 14.5. The van der Waals surface area contributed by atoms with Gasteiger partial charge in [-0.3, -0.25) is 0 Å². The molecule has 9 aromatic carbocycles. The first-order valence-electron chi connectivity index (χ1n) is 19.6. The summed E-state index contributed by atoms with van der Waals surface area (Å²) in [6.07, 6.45) is 5.13. The second-order valence-corrected chi connectivity index (χ2v) is 15.1. The normalized spacial score (nSPS) is 14.9. The van der Waals surface area contributed by atoms with Gasteiger partial charge in [0, 0.05) is 0 Å². The summed E-state index contributed by atoms with van der Waals surface area (Å²) in [5.74, 6) is 0. The SMILES string of the molecule is C1=C(c2c3ccccc3c(C3=CC(c4ccccc4)(c4ccccc4)c4ccccc43)c3ccccc23)c2ccccc2C1(c1ccccc1)c1ccccc1. The van der Waals surface area contributed by atoms with Crippen LogP contribution >= 0.6 is 0 Å². The number of rotatable bonds is 6. The van der Waals surface area contributed by atoms with Crippen LogP contribution in [0, 0.1) is 0 Å². The van der Waals surface area contributed by atoms with Crippen molar-refractivity contribution in [2.45, 2.75) is 10.8 Å². The van der Waals surface area contributed by atoms with Crippen molar-refractivity contribution in [2.24, 2.45) is 0 Å². The van der Waals surface area contributed by atoms with Crippen molar-refractivity contribution >= 4 is 32.7 Å². The molecule has 0 spiro atoms. The maximum atomic E-state index is 2.57. The molecule has 0 unspecified atom stereocenters. The van der Waals surface area contributed by atoms with Gasteiger partial charge in [-0.1, -0.05) is 231 Å². The predicted molar refractivity (Wildman–Crippen MR) is 234 cm³/mol. The van der Waals surface area contributed by atoms with Gasteiger partial charge in [0.1, 0.15) is 0 Å². The Morgan fingerprint density at radius 3 is 0.786 bits per heavy atom. The van der Waals surface area contributed by atoms with Crippen LogP contribution in [0.15, 0.2) is 231 Å². The van der Waals surface area contributed by atoms with Crippen LogP contribution in [0.5, 0.6) is 0 Å². The summed E-state index contributed by atoms with van der Waals surface area (Å²) in [4.78, 5) is 0. The molecule has 0 heterocycles. The Hall–Kier alpha value is -7.02. The average molecular weight is 711 g/mol. The van der Waals surface area contributed by atoms with Crippen molar-refractivity contribution in [3.63, 3.8) is 0 Å². The van der Waals surface area contributed by atoms with Crippen molar-refractivity contribution in [3.05, 3.63) is 286 Å². The summed E-state index contributed by atoms with van der Waals surface area (Å²) < 4.78 is 0. The minimum atomic E-state index is -0.451. The van der Waals surface area contributed by atoms with Crippen LogP contribution in [0.2, 0.25) is 0 Å². The Kier molecular flexibility index (Phi) is 7.41. The maximum absolute atomic E-state index is 2.57. The van der Waals surface area contributed by atoms with E-state index in [9.17, 15) is 0 Å². The Labute approximate surface area is 328 Å². The summed E-state index contributed by atoms with van der Waals surface area (Å²) in [5.41, 5.74) is 14.5. The van der Waals surface area contributed by atoms with E-state index in [1.807, 2.05) is 0 Å². The van der Waals surface area contributed by atoms with Crippen molar-refractivity contribution in [1.29, 1.82) is 0 Å². The molecule has 0 radical (unpaired) electrons. The fourth-order valence-corrected chi connectivity index (χ4v) is 10.1. The third-order valence-electron chi connectivity index (χ3n) is 12.4. The molecule has 0 atom stereocenters. The first-order valence-corrected chi connectivity index (χ1v) is 19.6. The van der Waals surface area contributed by atoms with Gasteiger partial charge in [0.2, 0.25) is 0 Å². The third kappa shape index (κ3) is 4.60. The zero-order valence-electron chi connectivity index (χ0n) is 30.9. The summed E-state index contributed by atoms with van der Waals surface area (Å²) in [7, 11) is 0. The smallest absolute Gasteiger partial charge is 0.0622 e. The summed E-state index contributed by atoms with van der Waals surface area (Å²) in [6, 6.07) is 80.5. The standard InChI is InChI=1S/C56H38/c1-5-21-39(22-6-1)55(40-23-7-2-8-24-40)37-49(43-29-17-19-35-51(43)55)53-45-31-13-15-33-47(45)54(48-34-16-14-32-46(48)53)50-38-56(41-25-9-3-10-26-41,42-27-11-4-12-28-42)52-36-20-18-30-44(50)52/h1-38H. The molecule has 2 aliphatic rings. The molecule has 0 aliphatic heterocycles. The molecule has 56 heavy (non-hydrogen) atoms. The van der Waals surface area contributed by atoms with E-state index in [1.54, 1.807) is 0 Å². The second-order valence-electron chi connectivity index (χ2n) is 15.1. The van der Waals surface area contributed by atoms with Crippen molar-refractivity contribution in [1.82, 2.24) is 0 Å². The number of hydrogen-bond acceptors (Lipinski definition) is 0. The van der Waals surface area contributed by atoms with Crippen LogP contribution < -0.4 is 0 Å². The fourth-order valence-electron chi connectivity index (χ4n) is 10.1. The van der Waals surface area contributed by atoms with Crippen LogP contribution in [0.4, 0.5) is 0 Å². The van der Waals surface area contributed by atoms with Crippen LogP contribution in [0.3, 0.4) is 0 Å². The largest absolute Gasteiger partial charge is 0.0647 e. The average Bonchev–Trinajstić information content (AvgIpc) is 3.82. The molecule has 0 fully saturated rings. The maximum Gasteiger partial charge on any atom is 0.0647 e. The van der Waals surface area contributed by atoms with Gasteiger partial charge < -0.3 is 0 Å². The molecular formula is C56H38. The van der Waals surface area contributed by atoms with Gasteiger partial charge in [-0.2, -0.15) is 0 Å². The van der Waals surface area contributed by atoms with Crippen molar-refractivity contribution < 1.29 is 0 Å². The molecule has 0 saturated carbocycles. The topological polar surface area (TPSA) is 0 Å². The molecule has 11 rings (SSSR count). The molecule has 0 bridgehead atoms. The predicted octanol–water partition coefficient (Wildman–Crippen LogP) is 13.6. The van der Waals surface area contributed by atoms with Gasteiger partial charge in [-0.25, -0.2) is 0 Å². The van der Waals surface area contributed by atoms with E-state index in [-0.39, 0.29) is 0 Å². The van der Waals surface area contributed by atoms with Crippen LogP contribution in [0.1, 0.15) is 55.6 Å². The van der Waals surface area contributed by atoms with Gasteiger partial charge in [0.25, 0.3) is 0 Å². The van der Waals surface area contributed by atoms with Gasteiger partial charge in [-0.05, 0) is 88.3 Å². The quantitative estimate of drug-likeness (QED) is 0.151. The Morgan fingerprint density at radius 1 is 0.232 bits per heavy atom. The highest BCUT2D eigenvalue weighted by Gasteiger charge is 2.44. The minimum Gasteiger partial charge on any atom is -0.0622 e. The van der Waals surface area contributed by atoms with E-state index in [0.29, 0.717) is 0 Å². The number of hydrogen-bond donors (Lipinski definition) is 0. The summed E-state index contributed by atoms with van der Waals surface area (Å²) in [5, 5.41) is 5.04. The number of benzene rings is 9. The van der Waals surface area contributed by atoms with E-state index in [1.165, 1.54) is 88.3 Å². The molecule has 262 valence electrons. The molecule has 0 nitrogen and oxygen atoms in total. The Morgan fingerprint density at radius 2 is 0.482 bits per heavy atom. The number of fused-ring (bicyclic) bond motifs is 4. The van der Waals surface area contributed by atoms with Gasteiger partial charge in [0.15, 0.2) is 0 Å². The Bertz CT molecular complexity index is 2650. The summed E-state index contributed by atoms with van der Waals surface area (Å²) >= 11 is 0. The van der Waals surface area contributed by atoms with Crippen molar-refractivity contribution in [3.8, 4) is 0 Å². The molecule has 0 amide bonds. The molecular weight excluding hydrogens is 673 g/mol. The van der Waals surface area contributed by atoms with Gasteiger partial charge in [0.05, 0.1) is 10.8 Å². The van der Waals surface area contributed by atoms with E-state index in [0.717, 1.165) is 0 Å². The highest BCUT2D eigenvalue weighted by Crippen LogP contribution is 2.56. The second kappa shape index (κ2) is 12.8. The van der Waals surface area contributed by atoms with E-state index in [2.05, 4.69) is 231 Å². The van der Waals surface area contributed by atoms with Gasteiger partial charge >= 0.3 is 0 Å². The van der Waals surface area contributed by atoms with Crippen LogP contribution in [-0.2, 0) is 10.8 Å². The third-order valence-corrected chi connectivity index (χ3v) is 12.4. The lowest BCUT2D eigenvalue weighted by atomic mass is 9.71. The fraction of sp³-hybridized carbons (Fsp3) is 0.0357. The molecule has 0 heteroatoms. The lowest BCUT2D eigenvalue weighted by molar-refractivity contribution is 0.794. The molecule has 2 aliphatic carbocycles. The molecule has 9 aromatic rings. The lowest BCUT2D eigenvalue weighted by Gasteiger charge is -2.30. The van der Waals surface area contributed by atoms with E-state index >= 15 is 0 Å². The minimum absolute atomic E-state index is 0.451. The molecule has 0 N–H and O–H groups in total. The highest BCUT2D eigenvalue weighted by molar-refractivity contribution is 6.20. The number of allylic oxidation sites excluding steroid dienone is 2. The van der Waals surface area contributed by atoms with Crippen LogP contribution in [-0.4, -0.2) is 0 Å². The molecule has 0 saturated heterocycles. The zero-order valence-corrected chi connectivity index (χ0v) is 30.9. The van der Waals surface area contributed by atoms with Gasteiger partial charge in [-0.15, -0.1) is 0 Å². The molecule has 0 aromatic heterocycles. The first-order chi connectivity index (χ1) is 27.8. The van der Waals surface area contributed by atoms with Crippen molar-refractivity contribution in [2.75, 3.05) is 0 Å². The van der Waals surface area contributed by atoms with E-state index in [4.69, 9.17) is 0 Å². The van der Waals surface area contributed by atoms with Crippen LogP contribution in [0.25, 0.3) is 32.7 Å². The first kappa shape index (κ1) is 32.4. The Balaban J connectivity index is 1.25. The van der Waals surface area contributed by atoms with E-state index < -0.39 is 10.8 Å². The monoisotopic (exact) mass is 710 g/mol. The zero-order chi connectivity index (χ0) is 37.1.